The predicted molar refractivity (Wildman–Crippen MR) is 84.5 cm³/mol. The Morgan fingerprint density at radius 1 is 1.48 bits per heavy atom. The van der Waals surface area contributed by atoms with E-state index in [0.29, 0.717) is 18.3 Å². The van der Waals surface area contributed by atoms with Gasteiger partial charge in [-0.3, -0.25) is 4.68 Å². The first-order valence-corrected chi connectivity index (χ1v) is 7.80. The highest BCUT2D eigenvalue weighted by atomic mass is 35.5. The monoisotopic (exact) mass is 371 g/mol. The van der Waals surface area contributed by atoms with E-state index in [0.717, 1.165) is 0 Å². The maximum atomic E-state index is 13.0. The third kappa shape index (κ3) is 3.61. The van der Waals surface area contributed by atoms with Crippen LogP contribution >= 0.6 is 11.6 Å². The number of hydrogen-bond donors (Lipinski definition) is 2. The number of anilines is 3. The number of nitrogens with one attached hydrogen (secondary N) is 2. The Hall–Kier alpha value is -2.54. The zero-order valence-electron chi connectivity index (χ0n) is 13.0. The van der Waals surface area contributed by atoms with Crippen LogP contribution in [0.2, 0.25) is 5.15 Å². The summed E-state index contributed by atoms with van der Waals surface area (Å²) < 4.78 is 40.5. The number of nitriles is 1. The summed E-state index contributed by atoms with van der Waals surface area (Å²) in [6.45, 7) is 1.94. The number of rotatable bonds is 5. The van der Waals surface area contributed by atoms with Crippen LogP contribution in [-0.2, 0) is 6.18 Å². The van der Waals surface area contributed by atoms with Gasteiger partial charge in [0.05, 0.1) is 29.9 Å². The van der Waals surface area contributed by atoms with Gasteiger partial charge >= 0.3 is 6.18 Å². The molecule has 0 aliphatic heterocycles. The molecule has 7 nitrogen and oxygen atoms in total. The molecule has 1 aliphatic rings. The van der Waals surface area contributed by atoms with E-state index in [2.05, 4.69) is 31.8 Å². The maximum absolute atomic E-state index is 13.0. The number of hydrogen-bond acceptors (Lipinski definition) is 6. The standard InChI is InChI=1S/C14H13ClF3N7/c1-2-20-12-8(14(16,17)18)5-21-13(23-12)22-9-6-25(24-11(9)15)10-3-7(10)4-19/h5-7,10H,2-3H2,1H3,(H2,20,21,22,23)/t7-,10?/m1/s1. The van der Waals surface area contributed by atoms with Crippen molar-refractivity contribution in [3.63, 3.8) is 0 Å². The second-order valence-electron chi connectivity index (χ2n) is 5.46. The number of aromatic nitrogens is 4. The van der Waals surface area contributed by atoms with E-state index in [4.69, 9.17) is 16.9 Å². The maximum Gasteiger partial charge on any atom is 0.421 e. The van der Waals surface area contributed by atoms with Gasteiger partial charge in [-0.1, -0.05) is 11.6 Å². The van der Waals surface area contributed by atoms with Gasteiger partial charge in [0.1, 0.15) is 11.4 Å². The van der Waals surface area contributed by atoms with Crippen molar-refractivity contribution in [1.29, 1.82) is 5.26 Å². The van der Waals surface area contributed by atoms with E-state index in [1.165, 1.54) is 0 Å². The Kier molecular flexibility index (Phi) is 4.43. The number of nitrogens with zero attached hydrogens (tertiary/aromatic N) is 5. The average Bonchev–Trinajstić information content (AvgIpc) is 3.24. The summed E-state index contributed by atoms with van der Waals surface area (Å²) in [6, 6.07) is 2.11. The van der Waals surface area contributed by atoms with Gasteiger partial charge < -0.3 is 10.6 Å². The molecule has 0 spiro atoms. The Bertz CT molecular complexity index is 827. The van der Waals surface area contributed by atoms with E-state index < -0.39 is 11.7 Å². The first-order chi connectivity index (χ1) is 11.8. The van der Waals surface area contributed by atoms with Crippen LogP contribution in [0.3, 0.4) is 0 Å². The zero-order valence-corrected chi connectivity index (χ0v) is 13.7. The summed E-state index contributed by atoms with van der Waals surface area (Å²) in [5.41, 5.74) is -0.594. The van der Waals surface area contributed by atoms with Crippen molar-refractivity contribution in [3.8, 4) is 6.07 Å². The van der Waals surface area contributed by atoms with Crippen molar-refractivity contribution >= 4 is 29.1 Å². The Labute approximate surface area is 145 Å². The van der Waals surface area contributed by atoms with Crippen LogP contribution in [0.5, 0.6) is 0 Å². The number of halogens is 4. The van der Waals surface area contributed by atoms with Crippen molar-refractivity contribution in [1.82, 2.24) is 19.7 Å². The van der Waals surface area contributed by atoms with Gasteiger partial charge in [0.25, 0.3) is 0 Å². The zero-order chi connectivity index (χ0) is 18.2. The van der Waals surface area contributed by atoms with Crippen LogP contribution in [0, 0.1) is 17.2 Å². The average molecular weight is 372 g/mol. The Morgan fingerprint density at radius 3 is 2.84 bits per heavy atom. The second-order valence-corrected chi connectivity index (χ2v) is 5.82. The van der Waals surface area contributed by atoms with Crippen LogP contribution in [0.4, 0.5) is 30.6 Å². The van der Waals surface area contributed by atoms with E-state index in [1.807, 2.05) is 0 Å². The van der Waals surface area contributed by atoms with E-state index in [-0.39, 0.29) is 35.4 Å². The molecule has 1 fully saturated rings. The fourth-order valence-corrected chi connectivity index (χ4v) is 2.49. The lowest BCUT2D eigenvalue weighted by molar-refractivity contribution is -0.137. The van der Waals surface area contributed by atoms with Crippen molar-refractivity contribution < 1.29 is 13.2 Å². The molecule has 11 heteroatoms. The minimum atomic E-state index is -4.56. The summed E-state index contributed by atoms with van der Waals surface area (Å²) in [5.74, 6) is -0.465. The summed E-state index contributed by atoms with van der Waals surface area (Å²) in [6.07, 6.45) is -1.58. The van der Waals surface area contributed by atoms with Crippen molar-refractivity contribution in [3.05, 3.63) is 23.1 Å². The van der Waals surface area contributed by atoms with Gasteiger partial charge in [0.15, 0.2) is 5.15 Å². The molecule has 0 amide bonds. The second kappa shape index (κ2) is 6.40. The van der Waals surface area contributed by atoms with Gasteiger partial charge in [-0.25, -0.2) is 4.98 Å². The topological polar surface area (TPSA) is 91.5 Å². The smallest absolute Gasteiger partial charge is 0.370 e. The van der Waals surface area contributed by atoms with Crippen LogP contribution in [-0.4, -0.2) is 26.3 Å². The van der Waals surface area contributed by atoms with Gasteiger partial charge in [0.2, 0.25) is 5.95 Å². The highest BCUT2D eigenvalue weighted by Gasteiger charge is 2.40. The molecule has 2 N–H and O–H groups in total. The third-order valence-electron chi connectivity index (χ3n) is 3.63. The largest absolute Gasteiger partial charge is 0.421 e. The molecule has 2 atom stereocenters. The molecule has 2 aromatic rings. The molecule has 0 saturated heterocycles. The molecule has 1 saturated carbocycles. The van der Waals surface area contributed by atoms with Gasteiger partial charge in [-0.05, 0) is 13.3 Å². The first kappa shape index (κ1) is 17.3. The minimum absolute atomic E-state index is 0.0381. The number of alkyl halides is 3. The normalized spacial score (nSPS) is 19.4. The summed E-state index contributed by atoms with van der Waals surface area (Å²) in [4.78, 5) is 7.56. The van der Waals surface area contributed by atoms with Crippen LogP contribution in [0.1, 0.15) is 24.9 Å². The lowest BCUT2D eigenvalue weighted by Gasteiger charge is -2.13. The summed E-state index contributed by atoms with van der Waals surface area (Å²) in [5, 5.41) is 18.4. The molecular formula is C14H13ClF3N7. The molecule has 3 rings (SSSR count). The van der Waals surface area contributed by atoms with Crippen LogP contribution in [0.25, 0.3) is 0 Å². The molecule has 2 heterocycles. The molecule has 1 aliphatic carbocycles. The molecule has 0 radical (unpaired) electrons. The van der Waals surface area contributed by atoms with E-state index >= 15 is 0 Å². The molecule has 25 heavy (non-hydrogen) atoms. The Morgan fingerprint density at radius 2 is 2.24 bits per heavy atom. The lowest BCUT2D eigenvalue weighted by atomic mass is 10.3. The SMILES string of the molecule is CCNc1nc(Nc2cn(C3C[C@@H]3C#N)nc2Cl)ncc1C(F)(F)F. The van der Waals surface area contributed by atoms with Crippen LogP contribution in [0.15, 0.2) is 12.4 Å². The van der Waals surface area contributed by atoms with E-state index in [1.54, 1.807) is 17.8 Å². The van der Waals surface area contributed by atoms with Crippen molar-refractivity contribution in [2.24, 2.45) is 5.92 Å². The van der Waals surface area contributed by atoms with Crippen molar-refractivity contribution in [2.75, 3.05) is 17.2 Å². The fraction of sp³-hybridized carbons (Fsp3) is 0.429. The molecule has 132 valence electrons. The first-order valence-electron chi connectivity index (χ1n) is 7.43. The highest BCUT2D eigenvalue weighted by molar-refractivity contribution is 6.32. The lowest BCUT2D eigenvalue weighted by Crippen LogP contribution is -2.14. The molecule has 1 unspecified atom stereocenters. The fourth-order valence-electron chi connectivity index (χ4n) is 2.31. The summed E-state index contributed by atoms with van der Waals surface area (Å²) >= 11 is 6.03. The quantitative estimate of drug-likeness (QED) is 0.834. The van der Waals surface area contributed by atoms with Crippen molar-refractivity contribution in [2.45, 2.75) is 25.6 Å². The summed E-state index contributed by atoms with van der Waals surface area (Å²) in [7, 11) is 0. The molecule has 0 aromatic carbocycles. The van der Waals surface area contributed by atoms with E-state index in [9.17, 15) is 13.2 Å². The van der Waals surface area contributed by atoms with Gasteiger partial charge in [0, 0.05) is 12.7 Å². The Balaban J connectivity index is 1.84. The highest BCUT2D eigenvalue weighted by Crippen LogP contribution is 2.43. The molecule has 0 bridgehead atoms. The molecule has 2 aromatic heterocycles. The van der Waals surface area contributed by atoms with Gasteiger partial charge in [-0.15, -0.1) is 0 Å². The minimum Gasteiger partial charge on any atom is -0.370 e. The molecular weight excluding hydrogens is 359 g/mol. The van der Waals surface area contributed by atoms with Gasteiger partial charge in [-0.2, -0.15) is 28.5 Å². The third-order valence-corrected chi connectivity index (χ3v) is 3.91. The predicted octanol–water partition coefficient (Wildman–Crippen LogP) is 3.61. The van der Waals surface area contributed by atoms with Crippen LogP contribution < -0.4 is 10.6 Å².